The van der Waals surface area contributed by atoms with Gasteiger partial charge >= 0.3 is 0 Å². The number of carbonyl (C=O) groups excluding carboxylic acids is 1. The van der Waals surface area contributed by atoms with Crippen molar-refractivity contribution in [3.8, 4) is 11.1 Å². The average Bonchev–Trinajstić information content (AvgIpc) is 2.53. The molecule has 3 rings (SSSR count). The molecule has 1 nitrogen and oxygen atoms in total. The Hall–Kier alpha value is -2.41. The molecule has 0 fully saturated rings. The number of carbonyl (C=O) groups is 1. The molecule has 110 valence electrons. The maximum absolute atomic E-state index is 12.9. The van der Waals surface area contributed by atoms with E-state index >= 15 is 0 Å². The van der Waals surface area contributed by atoms with Gasteiger partial charge in [0.05, 0.1) is 0 Å². The summed E-state index contributed by atoms with van der Waals surface area (Å²) < 4.78 is 0. The number of Topliss-reactive ketones (excluding diaryl/α,β-unsaturated/α-hetero) is 1. The molecule has 0 bridgehead atoms. The fraction of sp³-hybridized carbons (Fsp3) is 0.190. The molecule has 0 saturated heterocycles. The Morgan fingerprint density at radius 3 is 2.09 bits per heavy atom. The highest BCUT2D eigenvalue weighted by Gasteiger charge is 2.26. The number of hydrogen-bond donors (Lipinski definition) is 0. The van der Waals surface area contributed by atoms with E-state index in [0.29, 0.717) is 0 Å². The fourth-order valence-corrected chi connectivity index (χ4v) is 2.78. The van der Waals surface area contributed by atoms with Crippen LogP contribution in [0, 0.1) is 5.41 Å². The van der Waals surface area contributed by atoms with E-state index in [9.17, 15) is 4.79 Å². The van der Waals surface area contributed by atoms with Gasteiger partial charge in [0, 0.05) is 16.5 Å². The van der Waals surface area contributed by atoms with Crippen molar-refractivity contribution in [3.05, 3.63) is 72.3 Å². The summed E-state index contributed by atoms with van der Waals surface area (Å²) >= 11 is 0. The van der Waals surface area contributed by atoms with E-state index in [1.54, 1.807) is 0 Å². The fourth-order valence-electron chi connectivity index (χ4n) is 2.78. The molecule has 0 unspecified atom stereocenters. The average molecular weight is 288 g/mol. The molecular formula is C21H20O. The standard InChI is InChI=1S/C21H20O/c1-21(2,3)20(22)18-14-13-15-9-7-8-12-17(15)19(18)16-10-5-4-6-11-16/h4-14H,1-3H3. The summed E-state index contributed by atoms with van der Waals surface area (Å²) in [4.78, 5) is 12.9. The molecule has 3 aromatic carbocycles. The minimum atomic E-state index is -0.397. The lowest BCUT2D eigenvalue weighted by Gasteiger charge is -2.20. The van der Waals surface area contributed by atoms with E-state index in [0.717, 1.165) is 27.5 Å². The maximum Gasteiger partial charge on any atom is 0.168 e. The van der Waals surface area contributed by atoms with Crippen LogP contribution < -0.4 is 0 Å². The number of fused-ring (bicyclic) bond motifs is 1. The molecule has 0 aliphatic rings. The van der Waals surface area contributed by atoms with E-state index in [2.05, 4.69) is 24.3 Å². The van der Waals surface area contributed by atoms with Gasteiger partial charge in [0.15, 0.2) is 5.78 Å². The first-order valence-electron chi connectivity index (χ1n) is 7.60. The molecule has 0 aromatic heterocycles. The zero-order valence-corrected chi connectivity index (χ0v) is 13.3. The third kappa shape index (κ3) is 2.55. The van der Waals surface area contributed by atoms with E-state index in [1.807, 2.05) is 63.2 Å². The molecular weight excluding hydrogens is 268 g/mol. The van der Waals surface area contributed by atoms with Crippen molar-refractivity contribution in [2.45, 2.75) is 20.8 Å². The topological polar surface area (TPSA) is 17.1 Å². The second-order valence-corrected chi connectivity index (χ2v) is 6.65. The van der Waals surface area contributed by atoms with Crippen molar-refractivity contribution in [2.24, 2.45) is 5.41 Å². The molecule has 0 radical (unpaired) electrons. The summed E-state index contributed by atoms with van der Waals surface area (Å²) in [6.45, 7) is 5.91. The lowest BCUT2D eigenvalue weighted by atomic mass is 9.82. The van der Waals surface area contributed by atoms with Gasteiger partial charge in [-0.1, -0.05) is 87.5 Å². The molecule has 0 aliphatic heterocycles. The molecule has 0 heterocycles. The zero-order valence-electron chi connectivity index (χ0n) is 13.3. The minimum Gasteiger partial charge on any atom is -0.294 e. The third-order valence-electron chi connectivity index (χ3n) is 3.92. The van der Waals surface area contributed by atoms with Crippen LogP contribution in [-0.4, -0.2) is 5.78 Å². The summed E-state index contributed by atoms with van der Waals surface area (Å²) in [7, 11) is 0. The van der Waals surface area contributed by atoms with Crippen molar-refractivity contribution in [3.63, 3.8) is 0 Å². The lowest BCUT2D eigenvalue weighted by molar-refractivity contribution is 0.0859. The van der Waals surface area contributed by atoms with E-state index in [1.165, 1.54) is 0 Å². The van der Waals surface area contributed by atoms with Gasteiger partial charge in [-0.2, -0.15) is 0 Å². The van der Waals surface area contributed by atoms with Gasteiger partial charge in [-0.05, 0) is 16.3 Å². The molecule has 22 heavy (non-hydrogen) atoms. The summed E-state index contributed by atoms with van der Waals surface area (Å²) in [5.74, 6) is 0.178. The van der Waals surface area contributed by atoms with Gasteiger partial charge in [-0.15, -0.1) is 0 Å². The number of rotatable bonds is 2. The molecule has 0 amide bonds. The van der Waals surface area contributed by atoms with Gasteiger partial charge in [0.1, 0.15) is 0 Å². The van der Waals surface area contributed by atoms with Crippen LogP contribution in [0.5, 0.6) is 0 Å². The van der Waals surface area contributed by atoms with Gasteiger partial charge in [0.2, 0.25) is 0 Å². The smallest absolute Gasteiger partial charge is 0.168 e. The quantitative estimate of drug-likeness (QED) is 0.550. The summed E-state index contributed by atoms with van der Waals surface area (Å²) in [5.41, 5.74) is 2.54. The molecule has 0 atom stereocenters. The van der Waals surface area contributed by atoms with Crippen LogP contribution in [0.4, 0.5) is 0 Å². The molecule has 1 heteroatoms. The molecule has 0 aliphatic carbocycles. The van der Waals surface area contributed by atoms with E-state index < -0.39 is 5.41 Å². The van der Waals surface area contributed by atoms with Crippen molar-refractivity contribution in [2.75, 3.05) is 0 Å². The maximum atomic E-state index is 12.9. The SMILES string of the molecule is CC(C)(C)C(=O)c1ccc2ccccc2c1-c1ccccc1. The third-order valence-corrected chi connectivity index (χ3v) is 3.92. The van der Waals surface area contributed by atoms with Crippen LogP contribution in [0.25, 0.3) is 21.9 Å². The minimum absolute atomic E-state index is 0.178. The Morgan fingerprint density at radius 1 is 0.773 bits per heavy atom. The van der Waals surface area contributed by atoms with Crippen LogP contribution in [-0.2, 0) is 0 Å². The monoisotopic (exact) mass is 288 g/mol. The molecule has 0 saturated carbocycles. The van der Waals surface area contributed by atoms with Gasteiger partial charge < -0.3 is 0 Å². The van der Waals surface area contributed by atoms with Crippen LogP contribution in [0.3, 0.4) is 0 Å². The predicted octanol–water partition coefficient (Wildman–Crippen LogP) is 5.74. The summed E-state index contributed by atoms with van der Waals surface area (Å²) in [5, 5.41) is 2.29. The van der Waals surface area contributed by atoms with Gasteiger partial charge in [-0.25, -0.2) is 0 Å². The first kappa shape index (κ1) is 14.5. The van der Waals surface area contributed by atoms with Gasteiger partial charge in [0.25, 0.3) is 0 Å². The van der Waals surface area contributed by atoms with Crippen LogP contribution in [0.1, 0.15) is 31.1 Å². The van der Waals surface area contributed by atoms with E-state index in [4.69, 9.17) is 0 Å². The van der Waals surface area contributed by atoms with E-state index in [-0.39, 0.29) is 5.78 Å². The van der Waals surface area contributed by atoms with Crippen LogP contribution in [0.2, 0.25) is 0 Å². The largest absolute Gasteiger partial charge is 0.294 e. The highest BCUT2D eigenvalue weighted by atomic mass is 16.1. The molecule has 0 spiro atoms. The zero-order chi connectivity index (χ0) is 15.7. The summed E-state index contributed by atoms with van der Waals surface area (Å²) in [6.07, 6.45) is 0. The van der Waals surface area contributed by atoms with Crippen molar-refractivity contribution in [1.29, 1.82) is 0 Å². The summed E-state index contributed by atoms with van der Waals surface area (Å²) in [6, 6.07) is 22.4. The Bertz CT molecular complexity index is 823. The first-order chi connectivity index (χ1) is 10.5. The highest BCUT2D eigenvalue weighted by Crippen LogP contribution is 2.35. The first-order valence-corrected chi connectivity index (χ1v) is 7.60. The molecule has 0 N–H and O–H groups in total. The Labute approximate surface area is 131 Å². The van der Waals surface area contributed by atoms with Crippen molar-refractivity contribution in [1.82, 2.24) is 0 Å². The second kappa shape index (κ2) is 5.42. The Kier molecular flexibility index (Phi) is 3.58. The number of ketones is 1. The Balaban J connectivity index is 2.36. The normalized spacial score (nSPS) is 11.6. The lowest BCUT2D eigenvalue weighted by Crippen LogP contribution is -2.21. The Morgan fingerprint density at radius 2 is 1.41 bits per heavy atom. The van der Waals surface area contributed by atoms with Crippen LogP contribution in [0.15, 0.2) is 66.7 Å². The van der Waals surface area contributed by atoms with Gasteiger partial charge in [-0.3, -0.25) is 4.79 Å². The van der Waals surface area contributed by atoms with Crippen LogP contribution >= 0.6 is 0 Å². The highest BCUT2D eigenvalue weighted by molar-refractivity contribution is 6.12. The van der Waals surface area contributed by atoms with Crippen molar-refractivity contribution < 1.29 is 4.79 Å². The van der Waals surface area contributed by atoms with Crippen molar-refractivity contribution >= 4 is 16.6 Å². The number of hydrogen-bond acceptors (Lipinski definition) is 1. The predicted molar refractivity (Wildman–Crippen MR) is 93.2 cm³/mol. The molecule has 3 aromatic rings. The second-order valence-electron chi connectivity index (χ2n) is 6.65. The number of benzene rings is 3.